The van der Waals surface area contributed by atoms with Gasteiger partial charge in [0.25, 0.3) is 0 Å². The third kappa shape index (κ3) is 3.07. The molecule has 1 aromatic rings. The van der Waals surface area contributed by atoms with Crippen LogP contribution in [0.3, 0.4) is 0 Å². The van der Waals surface area contributed by atoms with Crippen molar-refractivity contribution in [3.63, 3.8) is 0 Å². The molecule has 0 aliphatic heterocycles. The highest BCUT2D eigenvalue weighted by atomic mass is 35.5. The summed E-state index contributed by atoms with van der Waals surface area (Å²) in [4.78, 5) is 0. The lowest BCUT2D eigenvalue weighted by molar-refractivity contribution is 0.149. The van der Waals surface area contributed by atoms with Gasteiger partial charge >= 0.3 is 0 Å². The number of halogens is 1. The van der Waals surface area contributed by atoms with E-state index in [2.05, 4.69) is 6.58 Å². The number of rotatable bonds is 4. The molecule has 0 atom stereocenters. The SMILES string of the molecule is C=CCOCc1cccc(Cl)c1. The Hall–Kier alpha value is -0.790. The molecule has 0 radical (unpaired) electrons. The molecule has 0 N–H and O–H groups in total. The molecule has 0 unspecified atom stereocenters. The average Bonchev–Trinajstić information content (AvgIpc) is 2.05. The van der Waals surface area contributed by atoms with E-state index >= 15 is 0 Å². The summed E-state index contributed by atoms with van der Waals surface area (Å²) in [5, 5.41) is 0.745. The zero-order valence-corrected chi connectivity index (χ0v) is 7.55. The van der Waals surface area contributed by atoms with Crippen molar-refractivity contribution in [2.45, 2.75) is 6.61 Å². The molecule has 0 saturated carbocycles. The summed E-state index contributed by atoms with van der Waals surface area (Å²) < 4.78 is 5.25. The summed E-state index contributed by atoms with van der Waals surface area (Å²) in [6.07, 6.45) is 1.73. The summed E-state index contributed by atoms with van der Waals surface area (Å²) in [5.41, 5.74) is 1.09. The van der Waals surface area contributed by atoms with E-state index in [-0.39, 0.29) is 0 Å². The molecule has 2 heteroatoms. The van der Waals surface area contributed by atoms with Gasteiger partial charge in [-0.15, -0.1) is 6.58 Å². The normalized spacial score (nSPS) is 9.75. The minimum atomic E-state index is 0.576. The molecule has 12 heavy (non-hydrogen) atoms. The van der Waals surface area contributed by atoms with Gasteiger partial charge < -0.3 is 4.74 Å². The Balaban J connectivity index is 2.46. The van der Waals surface area contributed by atoms with E-state index < -0.39 is 0 Å². The Morgan fingerprint density at radius 1 is 1.50 bits per heavy atom. The first kappa shape index (κ1) is 9.30. The van der Waals surface area contributed by atoms with Crippen LogP contribution in [0, 0.1) is 0 Å². The van der Waals surface area contributed by atoms with E-state index in [4.69, 9.17) is 16.3 Å². The molecule has 0 heterocycles. The standard InChI is InChI=1S/C10H11ClO/c1-2-6-12-8-9-4-3-5-10(11)7-9/h2-5,7H,1,6,8H2. The molecule has 1 nitrogen and oxygen atoms in total. The lowest BCUT2D eigenvalue weighted by Crippen LogP contribution is -1.91. The fraction of sp³-hybridized carbons (Fsp3) is 0.200. The molecule has 0 saturated heterocycles. The van der Waals surface area contributed by atoms with Crippen LogP contribution in [0.2, 0.25) is 5.02 Å². The van der Waals surface area contributed by atoms with E-state index in [9.17, 15) is 0 Å². The van der Waals surface area contributed by atoms with Crippen LogP contribution in [0.4, 0.5) is 0 Å². The van der Waals surface area contributed by atoms with E-state index in [0.29, 0.717) is 13.2 Å². The molecule has 0 aromatic heterocycles. The quantitative estimate of drug-likeness (QED) is 0.514. The molecule has 0 spiro atoms. The van der Waals surface area contributed by atoms with Crippen LogP contribution in [-0.4, -0.2) is 6.61 Å². The maximum atomic E-state index is 5.78. The Kier molecular flexibility index (Phi) is 3.85. The molecule has 0 amide bonds. The van der Waals surface area contributed by atoms with Crippen LogP contribution in [0.25, 0.3) is 0 Å². The maximum Gasteiger partial charge on any atom is 0.0721 e. The molecule has 64 valence electrons. The predicted molar refractivity (Wildman–Crippen MR) is 51.3 cm³/mol. The van der Waals surface area contributed by atoms with Gasteiger partial charge in [0.15, 0.2) is 0 Å². The summed E-state index contributed by atoms with van der Waals surface area (Å²) >= 11 is 5.78. The van der Waals surface area contributed by atoms with E-state index in [1.54, 1.807) is 6.08 Å². The molecule has 1 aromatic carbocycles. The largest absolute Gasteiger partial charge is 0.373 e. The number of benzene rings is 1. The number of ether oxygens (including phenoxy) is 1. The Morgan fingerprint density at radius 2 is 2.33 bits per heavy atom. The van der Waals surface area contributed by atoms with Gasteiger partial charge in [0.05, 0.1) is 13.2 Å². The first-order valence-corrected chi connectivity index (χ1v) is 4.14. The van der Waals surface area contributed by atoms with Gasteiger partial charge in [-0.2, -0.15) is 0 Å². The van der Waals surface area contributed by atoms with Crippen LogP contribution in [0.5, 0.6) is 0 Å². The van der Waals surface area contributed by atoms with E-state index in [1.165, 1.54) is 0 Å². The smallest absolute Gasteiger partial charge is 0.0721 e. The van der Waals surface area contributed by atoms with Crippen LogP contribution in [-0.2, 0) is 11.3 Å². The van der Waals surface area contributed by atoms with Crippen molar-refractivity contribution in [1.82, 2.24) is 0 Å². The van der Waals surface area contributed by atoms with Gasteiger partial charge in [-0.1, -0.05) is 29.8 Å². The maximum absolute atomic E-state index is 5.78. The van der Waals surface area contributed by atoms with Crippen molar-refractivity contribution in [2.75, 3.05) is 6.61 Å². The fourth-order valence-electron chi connectivity index (χ4n) is 0.887. The summed E-state index contributed by atoms with van der Waals surface area (Å²) in [6.45, 7) is 4.72. The van der Waals surface area contributed by atoms with E-state index in [0.717, 1.165) is 10.6 Å². The predicted octanol–water partition coefficient (Wildman–Crippen LogP) is 3.04. The van der Waals surface area contributed by atoms with Crippen molar-refractivity contribution in [2.24, 2.45) is 0 Å². The van der Waals surface area contributed by atoms with Gasteiger partial charge in [0.1, 0.15) is 0 Å². The van der Waals surface area contributed by atoms with Gasteiger partial charge in [-0.05, 0) is 17.7 Å². The van der Waals surface area contributed by atoms with Crippen molar-refractivity contribution in [1.29, 1.82) is 0 Å². The lowest BCUT2D eigenvalue weighted by Gasteiger charge is -2.01. The molecule has 0 aliphatic rings. The average molecular weight is 183 g/mol. The van der Waals surface area contributed by atoms with Gasteiger partial charge in [0.2, 0.25) is 0 Å². The van der Waals surface area contributed by atoms with Crippen LogP contribution in [0.1, 0.15) is 5.56 Å². The first-order chi connectivity index (χ1) is 5.83. The summed E-state index contributed by atoms with van der Waals surface area (Å²) in [5.74, 6) is 0. The third-order valence-electron chi connectivity index (χ3n) is 1.39. The summed E-state index contributed by atoms with van der Waals surface area (Å²) in [6, 6.07) is 7.63. The van der Waals surface area contributed by atoms with Crippen LogP contribution < -0.4 is 0 Å². The number of hydrogen-bond donors (Lipinski definition) is 0. The lowest BCUT2D eigenvalue weighted by atomic mass is 10.2. The highest BCUT2D eigenvalue weighted by Gasteiger charge is 1.92. The second-order valence-electron chi connectivity index (χ2n) is 2.43. The molecule has 0 fully saturated rings. The molecule has 0 aliphatic carbocycles. The highest BCUT2D eigenvalue weighted by molar-refractivity contribution is 6.30. The van der Waals surface area contributed by atoms with Gasteiger partial charge in [-0.25, -0.2) is 0 Å². The summed E-state index contributed by atoms with van der Waals surface area (Å²) in [7, 11) is 0. The number of hydrogen-bond acceptors (Lipinski definition) is 1. The third-order valence-corrected chi connectivity index (χ3v) is 1.63. The van der Waals surface area contributed by atoms with E-state index in [1.807, 2.05) is 24.3 Å². The van der Waals surface area contributed by atoms with Crippen molar-refractivity contribution >= 4 is 11.6 Å². The minimum Gasteiger partial charge on any atom is -0.373 e. The van der Waals surface area contributed by atoms with Crippen LogP contribution >= 0.6 is 11.6 Å². The molecule has 1 rings (SSSR count). The second kappa shape index (κ2) is 4.96. The zero-order valence-electron chi connectivity index (χ0n) is 6.79. The Morgan fingerprint density at radius 3 is 3.00 bits per heavy atom. The molecular weight excluding hydrogens is 172 g/mol. The molecule has 0 bridgehead atoms. The van der Waals surface area contributed by atoms with Crippen molar-refractivity contribution < 1.29 is 4.74 Å². The first-order valence-electron chi connectivity index (χ1n) is 3.76. The van der Waals surface area contributed by atoms with Crippen LogP contribution in [0.15, 0.2) is 36.9 Å². The Bertz CT molecular complexity index is 258. The van der Waals surface area contributed by atoms with Crippen molar-refractivity contribution in [3.05, 3.63) is 47.5 Å². The van der Waals surface area contributed by atoms with Gasteiger partial charge in [0, 0.05) is 5.02 Å². The highest BCUT2D eigenvalue weighted by Crippen LogP contribution is 2.11. The molecular formula is C10H11ClO. The second-order valence-corrected chi connectivity index (χ2v) is 2.87. The van der Waals surface area contributed by atoms with Crippen molar-refractivity contribution in [3.8, 4) is 0 Å². The topological polar surface area (TPSA) is 9.23 Å². The minimum absolute atomic E-state index is 0.576. The monoisotopic (exact) mass is 182 g/mol. The van der Waals surface area contributed by atoms with Gasteiger partial charge in [-0.3, -0.25) is 0 Å². The Labute approximate surface area is 77.6 Å². The fourth-order valence-corrected chi connectivity index (χ4v) is 1.10. The zero-order chi connectivity index (χ0) is 8.81.